The first-order chi connectivity index (χ1) is 8.70. The molecule has 102 valence electrons. The molecule has 0 spiro atoms. The third-order valence-electron chi connectivity index (χ3n) is 2.95. The number of carbonyl (C=O) groups is 2. The van der Waals surface area contributed by atoms with Gasteiger partial charge in [0.15, 0.2) is 0 Å². The highest BCUT2D eigenvalue weighted by molar-refractivity contribution is 5.85. The van der Waals surface area contributed by atoms with Gasteiger partial charge in [-0.2, -0.15) is 0 Å². The number of nitrogens with one attached hydrogen (secondary N) is 1. The van der Waals surface area contributed by atoms with Gasteiger partial charge in [0.25, 0.3) is 0 Å². The van der Waals surface area contributed by atoms with Crippen LogP contribution < -0.4 is 5.32 Å². The first-order valence-corrected chi connectivity index (χ1v) is 6.48. The fourth-order valence-corrected chi connectivity index (χ4v) is 2.10. The number of amides is 1. The Balaban J connectivity index is 2.55. The number of likely N-dealkylation sites (tertiary alicyclic amines) is 1. The Kier molecular flexibility index (Phi) is 6.43. The molecule has 1 atom stereocenters. The van der Waals surface area contributed by atoms with Gasteiger partial charge in [-0.05, 0) is 26.2 Å². The molecule has 1 aliphatic rings. The van der Waals surface area contributed by atoms with Crippen molar-refractivity contribution in [3.05, 3.63) is 12.7 Å². The van der Waals surface area contributed by atoms with E-state index in [2.05, 4.69) is 11.9 Å². The maximum Gasteiger partial charge on any atom is 0.328 e. The second-order valence-corrected chi connectivity index (χ2v) is 4.27. The second-order valence-electron chi connectivity index (χ2n) is 4.27. The smallest absolute Gasteiger partial charge is 0.328 e. The molecule has 18 heavy (non-hydrogen) atoms. The van der Waals surface area contributed by atoms with Gasteiger partial charge in [-0.15, -0.1) is 6.58 Å². The molecule has 1 amide bonds. The normalized spacial score (nSPS) is 19.4. The topological polar surface area (TPSA) is 58.6 Å². The van der Waals surface area contributed by atoms with Crippen LogP contribution in [0.15, 0.2) is 12.7 Å². The summed E-state index contributed by atoms with van der Waals surface area (Å²) in [5.41, 5.74) is 0. The molecule has 5 nitrogen and oxygen atoms in total. The molecule has 1 saturated heterocycles. The van der Waals surface area contributed by atoms with Gasteiger partial charge in [-0.3, -0.25) is 4.79 Å². The fraction of sp³-hybridized carbons (Fsp3) is 0.692. The van der Waals surface area contributed by atoms with Gasteiger partial charge in [0.2, 0.25) is 5.91 Å². The predicted molar refractivity (Wildman–Crippen MR) is 69.1 cm³/mol. The van der Waals surface area contributed by atoms with Crippen LogP contribution >= 0.6 is 0 Å². The van der Waals surface area contributed by atoms with Crippen molar-refractivity contribution < 1.29 is 14.3 Å². The summed E-state index contributed by atoms with van der Waals surface area (Å²) in [4.78, 5) is 25.4. The number of carbonyl (C=O) groups excluding carboxylic acids is 2. The van der Waals surface area contributed by atoms with E-state index in [1.165, 1.54) is 0 Å². The summed E-state index contributed by atoms with van der Waals surface area (Å²) in [7, 11) is 0. The highest BCUT2D eigenvalue weighted by Gasteiger charge is 2.32. The van der Waals surface area contributed by atoms with Gasteiger partial charge in [0, 0.05) is 13.1 Å². The van der Waals surface area contributed by atoms with E-state index in [4.69, 9.17) is 4.74 Å². The average molecular weight is 254 g/mol. The van der Waals surface area contributed by atoms with E-state index in [9.17, 15) is 9.59 Å². The summed E-state index contributed by atoms with van der Waals surface area (Å²) in [6.45, 7) is 7.17. The zero-order valence-corrected chi connectivity index (χ0v) is 11.0. The molecule has 1 N–H and O–H groups in total. The quantitative estimate of drug-likeness (QED) is 0.431. The fourth-order valence-electron chi connectivity index (χ4n) is 2.10. The molecule has 1 rings (SSSR count). The van der Waals surface area contributed by atoms with E-state index < -0.39 is 6.04 Å². The number of piperidine rings is 1. The molecule has 1 fully saturated rings. The minimum absolute atomic E-state index is 0.0467. The van der Waals surface area contributed by atoms with E-state index in [0.717, 1.165) is 12.8 Å². The van der Waals surface area contributed by atoms with Gasteiger partial charge >= 0.3 is 5.97 Å². The Morgan fingerprint density at radius 1 is 1.50 bits per heavy atom. The molecule has 1 unspecified atom stereocenters. The Hall–Kier alpha value is -1.36. The van der Waals surface area contributed by atoms with Gasteiger partial charge < -0.3 is 15.0 Å². The van der Waals surface area contributed by atoms with Gasteiger partial charge in [0.1, 0.15) is 6.04 Å². The second kappa shape index (κ2) is 7.87. The molecule has 0 saturated carbocycles. The molecular weight excluding hydrogens is 232 g/mol. The first-order valence-electron chi connectivity index (χ1n) is 6.48. The third-order valence-corrected chi connectivity index (χ3v) is 2.95. The van der Waals surface area contributed by atoms with Gasteiger partial charge in [-0.25, -0.2) is 4.79 Å². The van der Waals surface area contributed by atoms with Crippen molar-refractivity contribution in [2.75, 3.05) is 26.2 Å². The Labute approximate surface area is 108 Å². The van der Waals surface area contributed by atoms with Crippen molar-refractivity contribution >= 4 is 11.9 Å². The molecular formula is C13H22N2O3. The van der Waals surface area contributed by atoms with Gasteiger partial charge in [-0.1, -0.05) is 6.08 Å². The predicted octanol–water partition coefficient (Wildman–Crippen LogP) is 0.706. The van der Waals surface area contributed by atoms with Crippen LogP contribution in [0.1, 0.15) is 26.2 Å². The van der Waals surface area contributed by atoms with E-state index >= 15 is 0 Å². The van der Waals surface area contributed by atoms with Crippen molar-refractivity contribution in [2.45, 2.75) is 32.2 Å². The van der Waals surface area contributed by atoms with Crippen LogP contribution in [0.25, 0.3) is 0 Å². The molecule has 0 aromatic rings. The van der Waals surface area contributed by atoms with Crippen molar-refractivity contribution in [2.24, 2.45) is 0 Å². The molecule has 1 heterocycles. The molecule has 0 aromatic heterocycles. The minimum atomic E-state index is -0.406. The summed E-state index contributed by atoms with van der Waals surface area (Å²) >= 11 is 0. The van der Waals surface area contributed by atoms with Crippen molar-refractivity contribution in [1.82, 2.24) is 10.2 Å². The number of nitrogens with zero attached hydrogens (tertiary/aromatic N) is 1. The molecule has 0 radical (unpaired) electrons. The van der Waals surface area contributed by atoms with E-state index in [0.29, 0.717) is 26.1 Å². The zero-order valence-electron chi connectivity index (χ0n) is 11.0. The van der Waals surface area contributed by atoms with Crippen molar-refractivity contribution in [1.29, 1.82) is 0 Å². The van der Waals surface area contributed by atoms with Crippen molar-refractivity contribution in [3.63, 3.8) is 0 Å². The number of hydrogen-bond acceptors (Lipinski definition) is 4. The summed E-state index contributed by atoms with van der Waals surface area (Å²) in [5.74, 6) is -0.330. The Morgan fingerprint density at radius 2 is 2.28 bits per heavy atom. The Morgan fingerprint density at radius 3 is 2.94 bits per heavy atom. The summed E-state index contributed by atoms with van der Waals surface area (Å²) in [5, 5.41) is 2.96. The first kappa shape index (κ1) is 14.7. The lowest BCUT2D eigenvalue weighted by molar-refractivity contribution is -0.156. The minimum Gasteiger partial charge on any atom is -0.464 e. The SMILES string of the molecule is C=CCNCC(=O)N1CCCCC1C(=O)OCC. The standard InChI is InChI=1S/C13H22N2O3/c1-3-8-14-10-12(16)15-9-6-5-7-11(15)13(17)18-4-2/h3,11,14H,1,4-10H2,2H3. The number of hydrogen-bond donors (Lipinski definition) is 1. The highest BCUT2D eigenvalue weighted by Crippen LogP contribution is 2.18. The van der Waals surface area contributed by atoms with Crippen molar-refractivity contribution in [3.8, 4) is 0 Å². The molecule has 0 aromatic carbocycles. The van der Waals surface area contributed by atoms with E-state index in [1.54, 1.807) is 17.9 Å². The van der Waals surface area contributed by atoms with Crippen LogP contribution in [0.5, 0.6) is 0 Å². The van der Waals surface area contributed by atoms with Crippen LogP contribution in [-0.4, -0.2) is 49.1 Å². The summed E-state index contributed by atoms with van der Waals surface area (Å²) in [6, 6.07) is -0.406. The lowest BCUT2D eigenvalue weighted by Gasteiger charge is -2.34. The maximum atomic E-state index is 12.0. The molecule has 5 heteroatoms. The van der Waals surface area contributed by atoms with E-state index in [-0.39, 0.29) is 18.4 Å². The third kappa shape index (κ3) is 4.14. The lowest BCUT2D eigenvalue weighted by Crippen LogP contribution is -2.51. The largest absolute Gasteiger partial charge is 0.464 e. The highest BCUT2D eigenvalue weighted by atomic mass is 16.5. The Bertz CT molecular complexity index is 305. The van der Waals surface area contributed by atoms with Crippen LogP contribution in [0.2, 0.25) is 0 Å². The molecule has 0 bridgehead atoms. The molecule has 0 aliphatic carbocycles. The average Bonchev–Trinajstić information content (AvgIpc) is 2.39. The number of ether oxygens (including phenoxy) is 1. The summed E-state index contributed by atoms with van der Waals surface area (Å²) < 4.78 is 5.02. The van der Waals surface area contributed by atoms with Crippen LogP contribution in [0.4, 0.5) is 0 Å². The number of esters is 1. The van der Waals surface area contributed by atoms with E-state index in [1.807, 2.05) is 0 Å². The number of rotatable bonds is 6. The maximum absolute atomic E-state index is 12.0. The van der Waals surface area contributed by atoms with Crippen LogP contribution in [0.3, 0.4) is 0 Å². The van der Waals surface area contributed by atoms with Crippen LogP contribution in [-0.2, 0) is 14.3 Å². The van der Waals surface area contributed by atoms with Gasteiger partial charge in [0.05, 0.1) is 13.2 Å². The van der Waals surface area contributed by atoms with Crippen LogP contribution in [0, 0.1) is 0 Å². The molecule has 1 aliphatic heterocycles. The lowest BCUT2D eigenvalue weighted by atomic mass is 10.0. The monoisotopic (exact) mass is 254 g/mol. The zero-order chi connectivity index (χ0) is 13.4. The summed E-state index contributed by atoms with van der Waals surface area (Å²) in [6.07, 6.45) is 4.31.